The molecule has 0 aromatic heterocycles. The van der Waals surface area contributed by atoms with Crippen LogP contribution in [0, 0.1) is 20.8 Å². The summed E-state index contributed by atoms with van der Waals surface area (Å²) in [5.41, 5.74) is 44.7. The van der Waals surface area contributed by atoms with Crippen LogP contribution in [0.2, 0.25) is 0 Å². The van der Waals surface area contributed by atoms with E-state index in [1.165, 1.54) is 281 Å². The van der Waals surface area contributed by atoms with Gasteiger partial charge in [-0.05, 0) is 350 Å². The lowest BCUT2D eigenvalue weighted by Gasteiger charge is -2.18. The zero-order valence-electron chi connectivity index (χ0n) is 76.4. The highest BCUT2D eigenvalue weighted by atomic mass is 14.3. The monoisotopic (exact) mass is 1740 g/mol. The van der Waals surface area contributed by atoms with E-state index in [1.54, 1.807) is 0 Å². The normalized spacial score (nSPS) is 12.0. The predicted molar refractivity (Wildman–Crippen MR) is 588 cm³/mol. The molecular formula is C137H92. The molecule has 0 saturated heterocycles. The zero-order chi connectivity index (χ0) is 91.1. The molecule has 0 spiro atoms. The van der Waals surface area contributed by atoms with Crippen molar-refractivity contribution >= 4 is 121 Å². The lowest BCUT2D eigenvalue weighted by atomic mass is 9.84. The van der Waals surface area contributed by atoms with Crippen molar-refractivity contribution in [3.63, 3.8) is 0 Å². The molecule has 24 aromatic rings. The Balaban J connectivity index is 0.000000109. The largest absolute Gasteiger partial charge is 0.0622 e. The lowest BCUT2D eigenvalue weighted by molar-refractivity contribution is 1.45. The summed E-state index contributed by atoms with van der Waals surface area (Å²) in [7, 11) is 0. The van der Waals surface area contributed by atoms with Gasteiger partial charge in [0.25, 0.3) is 0 Å². The van der Waals surface area contributed by atoms with Gasteiger partial charge in [0.05, 0.1) is 0 Å². The van der Waals surface area contributed by atoms with Crippen molar-refractivity contribution < 1.29 is 0 Å². The van der Waals surface area contributed by atoms with Crippen LogP contribution in [0.25, 0.3) is 232 Å². The van der Waals surface area contributed by atoms with Crippen LogP contribution >= 0.6 is 0 Å². The van der Waals surface area contributed by atoms with Crippen molar-refractivity contribution in [2.45, 2.75) is 20.8 Å². The summed E-state index contributed by atoms with van der Waals surface area (Å²) in [6.07, 6.45) is 7.39. The number of benzene rings is 24. The van der Waals surface area contributed by atoms with Crippen LogP contribution < -0.4 is 0 Å². The molecule has 3 aliphatic rings. The van der Waals surface area contributed by atoms with Crippen molar-refractivity contribution in [2.75, 3.05) is 0 Å². The van der Waals surface area contributed by atoms with Gasteiger partial charge in [-0.1, -0.05) is 455 Å². The summed E-state index contributed by atoms with van der Waals surface area (Å²) in [6, 6.07) is 178. The Morgan fingerprint density at radius 3 is 0.730 bits per heavy atom. The average molecular weight is 1740 g/mol. The standard InChI is InChI=1S/C49H36.C46H30.C42H26/c1-31-14-4-7-17-36(31)34-24-26-41-42-27-25-35(37-18-8-5-15-32(37)2)29-46(42)48(45(41)28-34)30-47-39-20-10-12-22-43(39)49(38-19-9-6-16-33(38)3)44-23-13-11-21-40(44)47;1-4-14-31(15-5-1)34-24-26-38-39-27-25-35(32-16-6-2-7-17-32)29-43(39)45(42(38)28-34)30-44-36-20-10-12-22-40(36)46(33-18-8-3-9-19-33)41-23-13-11-21-37(41)44;1-2-14-28-27(13-1)25-41(34-20-8-3-15-29(28)34)42-37-23-11-9-21-35(37)40(36-22-10-12-24-38(36)42)26-39-32-18-6-4-16-30(32)31-17-5-7-19-33(31)39/h4-30H,1-3H3;1-30H;1-26H. The smallest absolute Gasteiger partial charge is 0.00199 e. The van der Waals surface area contributed by atoms with Gasteiger partial charge in [-0.3, -0.25) is 0 Å². The van der Waals surface area contributed by atoms with Crippen molar-refractivity contribution in [3.8, 4) is 111 Å². The van der Waals surface area contributed by atoms with Gasteiger partial charge in [0, 0.05) is 0 Å². The van der Waals surface area contributed by atoms with Crippen molar-refractivity contribution in [1.82, 2.24) is 0 Å². The number of hydrogen-bond acceptors (Lipinski definition) is 0. The van der Waals surface area contributed by atoms with Crippen LogP contribution in [0.4, 0.5) is 0 Å². The first kappa shape index (κ1) is 81.6. The van der Waals surface area contributed by atoms with Gasteiger partial charge in [0.1, 0.15) is 0 Å². The number of aryl methyl sites for hydroxylation is 3. The summed E-state index contributed by atoms with van der Waals surface area (Å²) < 4.78 is 0. The highest BCUT2D eigenvalue weighted by Crippen LogP contribution is 2.55. The van der Waals surface area contributed by atoms with E-state index in [4.69, 9.17) is 0 Å². The summed E-state index contributed by atoms with van der Waals surface area (Å²) in [4.78, 5) is 0. The Morgan fingerprint density at radius 2 is 0.365 bits per heavy atom. The molecule has 0 aliphatic heterocycles. The molecule has 0 radical (unpaired) electrons. The zero-order valence-corrected chi connectivity index (χ0v) is 76.4. The van der Waals surface area contributed by atoms with Crippen LogP contribution in [-0.2, 0) is 0 Å². The SMILES string of the molecule is C(=C1c2cc(-c3ccccc3)ccc2-c2ccc(-c3ccccc3)cc21)c1c2ccccc2c(-c2ccccc2)c2ccccc12.C(=C1c2ccccc2-c2ccccc21)c1c2ccccc2c(-c2cc3ccccc3c3ccccc23)c2ccccc12.Cc1ccccc1-c1ccc2c(c1)C(=Cc1c3ccccc3c(-c3ccccc3C)c3ccccc13)c1cc(-c3ccccc3C)ccc1-2. The molecule has 3 aliphatic carbocycles. The van der Waals surface area contributed by atoms with Gasteiger partial charge in [0.2, 0.25) is 0 Å². The summed E-state index contributed by atoms with van der Waals surface area (Å²) >= 11 is 0. The second-order valence-corrected chi connectivity index (χ2v) is 36.7. The van der Waals surface area contributed by atoms with Crippen molar-refractivity contribution in [3.05, 3.63) is 552 Å². The molecule has 0 heterocycles. The Kier molecular flexibility index (Phi) is 20.4. The number of rotatable bonds is 10. The molecule has 640 valence electrons. The van der Waals surface area contributed by atoms with Crippen molar-refractivity contribution in [1.29, 1.82) is 0 Å². The Morgan fingerprint density at radius 1 is 0.124 bits per heavy atom. The highest BCUT2D eigenvalue weighted by Gasteiger charge is 2.31. The first-order valence-electron chi connectivity index (χ1n) is 47.7. The quantitative estimate of drug-likeness (QED) is 0.0946. The topological polar surface area (TPSA) is 0 Å². The minimum Gasteiger partial charge on any atom is -0.0622 e. The van der Waals surface area contributed by atoms with Gasteiger partial charge in [-0.15, -0.1) is 0 Å². The van der Waals surface area contributed by atoms with E-state index in [0.717, 1.165) is 0 Å². The highest BCUT2D eigenvalue weighted by molar-refractivity contribution is 6.27. The molecule has 0 unspecified atom stereocenters. The fourth-order valence-electron chi connectivity index (χ4n) is 22.6. The molecule has 0 fully saturated rings. The summed E-state index contributed by atoms with van der Waals surface area (Å²) in [5.74, 6) is 0. The number of hydrogen-bond donors (Lipinski definition) is 0. The van der Waals surface area contributed by atoms with E-state index < -0.39 is 0 Å². The molecule has 24 aromatic carbocycles. The second-order valence-electron chi connectivity index (χ2n) is 36.7. The van der Waals surface area contributed by atoms with Crippen molar-refractivity contribution in [2.24, 2.45) is 0 Å². The van der Waals surface area contributed by atoms with E-state index >= 15 is 0 Å². The Hall–Kier alpha value is -17.4. The molecule has 0 bridgehead atoms. The minimum atomic E-state index is 1.23. The molecule has 0 amide bonds. The van der Waals surface area contributed by atoms with E-state index in [1.807, 2.05) is 0 Å². The number of fused-ring (bicyclic) bond motifs is 18. The van der Waals surface area contributed by atoms with Gasteiger partial charge in [-0.2, -0.15) is 0 Å². The van der Waals surface area contributed by atoms with E-state index in [-0.39, 0.29) is 0 Å². The maximum Gasteiger partial charge on any atom is -0.00199 e. The fraction of sp³-hybridized carbons (Fsp3) is 0.0219. The molecular weight excluding hydrogens is 1650 g/mol. The Labute approximate surface area is 799 Å². The molecule has 0 atom stereocenters. The molecule has 0 saturated carbocycles. The van der Waals surface area contributed by atoms with E-state index in [0.29, 0.717) is 0 Å². The third-order valence-corrected chi connectivity index (χ3v) is 29.0. The fourth-order valence-corrected chi connectivity index (χ4v) is 22.6. The first-order chi connectivity index (χ1) is 67.8. The summed E-state index contributed by atoms with van der Waals surface area (Å²) in [5, 5.41) is 20.4. The van der Waals surface area contributed by atoms with Gasteiger partial charge >= 0.3 is 0 Å². The first-order valence-corrected chi connectivity index (χ1v) is 47.7. The average Bonchev–Trinajstić information content (AvgIpc) is 1.41. The lowest BCUT2D eigenvalue weighted by Crippen LogP contribution is -1.93. The van der Waals surface area contributed by atoms with Gasteiger partial charge < -0.3 is 0 Å². The minimum absolute atomic E-state index is 1.23. The van der Waals surface area contributed by atoms with Crippen LogP contribution in [0.3, 0.4) is 0 Å². The third-order valence-electron chi connectivity index (χ3n) is 29.0. The molecule has 27 rings (SSSR count). The third kappa shape index (κ3) is 14.1. The maximum atomic E-state index is 2.49. The predicted octanol–water partition coefficient (Wildman–Crippen LogP) is 37.6. The van der Waals surface area contributed by atoms with Crippen LogP contribution in [-0.4, -0.2) is 0 Å². The summed E-state index contributed by atoms with van der Waals surface area (Å²) in [6.45, 7) is 6.63. The van der Waals surface area contributed by atoms with E-state index in [9.17, 15) is 0 Å². The molecule has 0 N–H and O–H groups in total. The van der Waals surface area contributed by atoms with Crippen LogP contribution in [0.5, 0.6) is 0 Å². The molecule has 0 heteroatoms. The van der Waals surface area contributed by atoms with Crippen LogP contribution in [0.1, 0.15) is 66.8 Å². The maximum absolute atomic E-state index is 2.49. The molecule has 137 heavy (non-hydrogen) atoms. The van der Waals surface area contributed by atoms with Crippen LogP contribution in [0.15, 0.2) is 485 Å². The van der Waals surface area contributed by atoms with Gasteiger partial charge in [-0.25, -0.2) is 0 Å². The van der Waals surface area contributed by atoms with E-state index in [2.05, 4.69) is 524 Å². The molecule has 0 nitrogen and oxygen atoms in total. The second kappa shape index (κ2) is 34.3. The van der Waals surface area contributed by atoms with Gasteiger partial charge in [0.15, 0.2) is 0 Å². The Bertz CT molecular complexity index is 8740.